The van der Waals surface area contributed by atoms with Crippen molar-refractivity contribution in [3.63, 3.8) is 0 Å². The standard InChI is InChI=1S/C16H25NO/c1-13-6-7-15(3)16(11-13)18-10-9-17-8-4-5-14(2)12-17/h6-7,11,14H,4-5,8-10,12H2,1-3H3. The molecule has 1 saturated heterocycles. The molecule has 0 amide bonds. The molecule has 2 nitrogen and oxygen atoms in total. The molecule has 0 spiro atoms. The van der Waals surface area contributed by atoms with E-state index in [9.17, 15) is 0 Å². The van der Waals surface area contributed by atoms with E-state index in [4.69, 9.17) is 4.74 Å². The fraction of sp³-hybridized carbons (Fsp3) is 0.625. The summed E-state index contributed by atoms with van der Waals surface area (Å²) < 4.78 is 5.91. The molecule has 0 aliphatic carbocycles. The molecule has 0 bridgehead atoms. The zero-order valence-electron chi connectivity index (χ0n) is 11.9. The maximum Gasteiger partial charge on any atom is 0.122 e. The first kappa shape index (κ1) is 13.4. The number of hydrogen-bond donors (Lipinski definition) is 0. The molecule has 1 aliphatic heterocycles. The van der Waals surface area contributed by atoms with Crippen molar-refractivity contribution in [2.24, 2.45) is 5.92 Å². The van der Waals surface area contributed by atoms with Gasteiger partial charge in [-0.05, 0) is 56.3 Å². The molecular formula is C16H25NO. The second-order valence-corrected chi connectivity index (χ2v) is 5.67. The van der Waals surface area contributed by atoms with Crippen molar-refractivity contribution in [1.29, 1.82) is 0 Å². The molecule has 1 aliphatic rings. The van der Waals surface area contributed by atoms with Gasteiger partial charge in [0.1, 0.15) is 12.4 Å². The van der Waals surface area contributed by atoms with E-state index >= 15 is 0 Å². The second-order valence-electron chi connectivity index (χ2n) is 5.67. The van der Waals surface area contributed by atoms with Crippen molar-refractivity contribution < 1.29 is 4.74 Å². The fourth-order valence-electron chi connectivity index (χ4n) is 2.64. The van der Waals surface area contributed by atoms with Crippen LogP contribution in [-0.4, -0.2) is 31.1 Å². The minimum atomic E-state index is 0.803. The lowest BCUT2D eigenvalue weighted by Crippen LogP contribution is -2.37. The summed E-state index contributed by atoms with van der Waals surface area (Å²) in [5, 5.41) is 0. The van der Waals surface area contributed by atoms with Crippen LogP contribution in [0.15, 0.2) is 18.2 Å². The van der Waals surface area contributed by atoms with Gasteiger partial charge in [-0.15, -0.1) is 0 Å². The fourth-order valence-corrected chi connectivity index (χ4v) is 2.64. The first-order valence-electron chi connectivity index (χ1n) is 7.07. The maximum atomic E-state index is 5.91. The first-order valence-corrected chi connectivity index (χ1v) is 7.07. The molecule has 2 heteroatoms. The molecule has 1 aromatic carbocycles. The molecule has 100 valence electrons. The highest BCUT2D eigenvalue weighted by atomic mass is 16.5. The Hall–Kier alpha value is -1.02. The number of aryl methyl sites for hydroxylation is 2. The number of benzene rings is 1. The Morgan fingerprint density at radius 1 is 1.33 bits per heavy atom. The zero-order chi connectivity index (χ0) is 13.0. The Labute approximate surface area is 111 Å². The Bertz CT molecular complexity index is 389. The molecule has 0 N–H and O–H groups in total. The molecule has 1 aromatic rings. The van der Waals surface area contributed by atoms with Crippen molar-refractivity contribution >= 4 is 0 Å². The van der Waals surface area contributed by atoms with Crippen LogP contribution in [0.25, 0.3) is 0 Å². The van der Waals surface area contributed by atoms with Crippen LogP contribution in [0, 0.1) is 19.8 Å². The smallest absolute Gasteiger partial charge is 0.122 e. The van der Waals surface area contributed by atoms with Crippen molar-refractivity contribution in [1.82, 2.24) is 4.90 Å². The van der Waals surface area contributed by atoms with Crippen LogP contribution < -0.4 is 4.74 Å². The van der Waals surface area contributed by atoms with Gasteiger partial charge in [-0.1, -0.05) is 19.1 Å². The molecule has 0 radical (unpaired) electrons. The van der Waals surface area contributed by atoms with Crippen molar-refractivity contribution in [2.45, 2.75) is 33.6 Å². The van der Waals surface area contributed by atoms with Crippen LogP contribution >= 0.6 is 0 Å². The van der Waals surface area contributed by atoms with Crippen molar-refractivity contribution in [3.8, 4) is 5.75 Å². The number of rotatable bonds is 4. The van der Waals surface area contributed by atoms with Gasteiger partial charge in [-0.2, -0.15) is 0 Å². The van der Waals surface area contributed by atoms with Gasteiger partial charge < -0.3 is 4.74 Å². The summed E-state index contributed by atoms with van der Waals surface area (Å²) in [6, 6.07) is 6.40. The third-order valence-electron chi connectivity index (χ3n) is 3.75. The van der Waals surface area contributed by atoms with E-state index in [1.54, 1.807) is 0 Å². The number of nitrogens with zero attached hydrogens (tertiary/aromatic N) is 1. The van der Waals surface area contributed by atoms with E-state index in [-0.39, 0.29) is 0 Å². The van der Waals surface area contributed by atoms with Crippen LogP contribution in [0.5, 0.6) is 5.75 Å². The molecular weight excluding hydrogens is 222 g/mol. The molecule has 18 heavy (non-hydrogen) atoms. The Morgan fingerprint density at radius 2 is 2.17 bits per heavy atom. The predicted octanol–water partition coefficient (Wildman–Crippen LogP) is 3.41. The average molecular weight is 247 g/mol. The summed E-state index contributed by atoms with van der Waals surface area (Å²) in [7, 11) is 0. The van der Waals surface area contributed by atoms with E-state index in [2.05, 4.69) is 43.9 Å². The normalized spacial score (nSPS) is 20.9. The number of ether oxygens (including phenoxy) is 1. The number of piperidine rings is 1. The third-order valence-corrected chi connectivity index (χ3v) is 3.75. The van der Waals surface area contributed by atoms with E-state index in [0.717, 1.165) is 24.8 Å². The minimum absolute atomic E-state index is 0.803. The Kier molecular flexibility index (Phi) is 4.65. The summed E-state index contributed by atoms with van der Waals surface area (Å²) in [6.45, 7) is 10.9. The Balaban J connectivity index is 1.79. The highest BCUT2D eigenvalue weighted by Crippen LogP contribution is 2.19. The van der Waals surface area contributed by atoms with Gasteiger partial charge >= 0.3 is 0 Å². The maximum absolute atomic E-state index is 5.91. The lowest BCUT2D eigenvalue weighted by Gasteiger charge is -2.30. The number of likely N-dealkylation sites (tertiary alicyclic amines) is 1. The van der Waals surface area contributed by atoms with Gasteiger partial charge in [-0.3, -0.25) is 4.90 Å². The second kappa shape index (κ2) is 6.24. The lowest BCUT2D eigenvalue weighted by molar-refractivity contribution is 0.153. The van der Waals surface area contributed by atoms with E-state index in [1.807, 2.05) is 0 Å². The summed E-state index contributed by atoms with van der Waals surface area (Å²) in [5.74, 6) is 1.89. The summed E-state index contributed by atoms with van der Waals surface area (Å²) >= 11 is 0. The van der Waals surface area contributed by atoms with Gasteiger partial charge in [0.25, 0.3) is 0 Å². The monoisotopic (exact) mass is 247 g/mol. The zero-order valence-corrected chi connectivity index (χ0v) is 11.9. The lowest BCUT2D eigenvalue weighted by atomic mass is 10.0. The van der Waals surface area contributed by atoms with Crippen LogP contribution in [0.3, 0.4) is 0 Å². The quantitative estimate of drug-likeness (QED) is 0.808. The van der Waals surface area contributed by atoms with Crippen LogP contribution in [0.2, 0.25) is 0 Å². The van der Waals surface area contributed by atoms with Gasteiger partial charge in [0.15, 0.2) is 0 Å². The van der Waals surface area contributed by atoms with Gasteiger partial charge in [0.05, 0.1) is 0 Å². The molecule has 1 fully saturated rings. The molecule has 0 aromatic heterocycles. The third kappa shape index (κ3) is 3.74. The van der Waals surface area contributed by atoms with E-state index in [0.29, 0.717) is 0 Å². The molecule has 0 saturated carbocycles. The SMILES string of the molecule is Cc1ccc(C)c(OCCN2CCCC(C)C2)c1. The van der Waals surface area contributed by atoms with Crippen LogP contribution in [0.4, 0.5) is 0 Å². The molecule has 2 rings (SSSR count). The average Bonchev–Trinajstić information content (AvgIpc) is 2.34. The highest BCUT2D eigenvalue weighted by molar-refractivity contribution is 5.35. The largest absolute Gasteiger partial charge is 0.492 e. The summed E-state index contributed by atoms with van der Waals surface area (Å²) in [4.78, 5) is 2.53. The minimum Gasteiger partial charge on any atom is -0.492 e. The molecule has 1 atom stereocenters. The number of hydrogen-bond acceptors (Lipinski definition) is 2. The van der Waals surface area contributed by atoms with Gasteiger partial charge in [0.2, 0.25) is 0 Å². The van der Waals surface area contributed by atoms with E-state index < -0.39 is 0 Å². The first-order chi connectivity index (χ1) is 8.65. The van der Waals surface area contributed by atoms with Gasteiger partial charge in [-0.25, -0.2) is 0 Å². The van der Waals surface area contributed by atoms with Crippen molar-refractivity contribution in [3.05, 3.63) is 29.3 Å². The topological polar surface area (TPSA) is 12.5 Å². The van der Waals surface area contributed by atoms with E-state index in [1.165, 1.54) is 37.1 Å². The predicted molar refractivity (Wildman–Crippen MR) is 76.2 cm³/mol. The van der Waals surface area contributed by atoms with Gasteiger partial charge in [0, 0.05) is 13.1 Å². The summed E-state index contributed by atoms with van der Waals surface area (Å²) in [5.41, 5.74) is 2.50. The Morgan fingerprint density at radius 3 is 2.94 bits per heavy atom. The molecule has 1 unspecified atom stereocenters. The highest BCUT2D eigenvalue weighted by Gasteiger charge is 2.15. The van der Waals surface area contributed by atoms with Crippen LogP contribution in [0.1, 0.15) is 30.9 Å². The molecule has 1 heterocycles. The van der Waals surface area contributed by atoms with Crippen molar-refractivity contribution in [2.75, 3.05) is 26.2 Å². The van der Waals surface area contributed by atoms with Crippen LogP contribution in [-0.2, 0) is 0 Å². The summed E-state index contributed by atoms with van der Waals surface area (Å²) in [6.07, 6.45) is 2.72.